The largest absolute Gasteiger partial charge is 0.369 e. The fourth-order valence-corrected chi connectivity index (χ4v) is 2.80. The molecule has 98 valence electrons. The zero-order chi connectivity index (χ0) is 13.4. The maximum absolute atomic E-state index is 12.2. The van der Waals surface area contributed by atoms with Crippen molar-refractivity contribution in [3.8, 4) is 0 Å². The molecule has 0 N–H and O–H groups in total. The minimum absolute atomic E-state index is 0.0535. The van der Waals surface area contributed by atoms with Crippen LogP contribution in [-0.4, -0.2) is 28.7 Å². The number of allylic oxidation sites excluding steroid dienone is 1. The molecule has 4 rings (SSSR count). The van der Waals surface area contributed by atoms with Gasteiger partial charge in [0, 0.05) is 31.1 Å². The fourth-order valence-electron chi connectivity index (χ4n) is 2.80. The highest BCUT2D eigenvalue weighted by molar-refractivity contribution is 6.01. The van der Waals surface area contributed by atoms with Crippen molar-refractivity contribution in [1.82, 2.24) is 4.90 Å². The molecule has 1 aromatic carbocycles. The van der Waals surface area contributed by atoms with Crippen LogP contribution in [0.5, 0.6) is 0 Å². The number of rotatable bonds is 2. The van der Waals surface area contributed by atoms with Crippen LogP contribution in [0.25, 0.3) is 6.08 Å². The number of nitro benzene ring substituents is 1. The molecule has 0 aliphatic carbocycles. The number of benzene rings is 1. The molecule has 1 aromatic rings. The maximum atomic E-state index is 12.2. The molecule has 0 atom stereocenters. The van der Waals surface area contributed by atoms with E-state index in [1.165, 1.54) is 12.1 Å². The number of carbonyl (C=O) groups is 1. The summed E-state index contributed by atoms with van der Waals surface area (Å²) >= 11 is 0. The Morgan fingerprint density at radius 2 is 2.05 bits per heavy atom. The Bertz CT molecular complexity index is 572. The summed E-state index contributed by atoms with van der Waals surface area (Å²) in [6, 6.07) is 6.39. The van der Waals surface area contributed by atoms with E-state index in [0.29, 0.717) is 11.3 Å². The monoisotopic (exact) mass is 258 g/mol. The van der Waals surface area contributed by atoms with Gasteiger partial charge in [-0.3, -0.25) is 14.9 Å². The van der Waals surface area contributed by atoms with E-state index in [0.717, 1.165) is 25.9 Å². The van der Waals surface area contributed by atoms with E-state index >= 15 is 0 Å². The quantitative estimate of drug-likeness (QED) is 0.463. The highest BCUT2D eigenvalue weighted by atomic mass is 16.6. The molecule has 3 aliphatic rings. The van der Waals surface area contributed by atoms with Gasteiger partial charge in [0.2, 0.25) is 0 Å². The van der Waals surface area contributed by atoms with E-state index < -0.39 is 4.92 Å². The van der Waals surface area contributed by atoms with Crippen molar-refractivity contribution >= 4 is 17.5 Å². The molecule has 5 heteroatoms. The third-order valence-corrected chi connectivity index (χ3v) is 3.84. The zero-order valence-electron chi connectivity index (χ0n) is 10.4. The van der Waals surface area contributed by atoms with Gasteiger partial charge in [0.05, 0.1) is 10.6 Å². The molecular formula is C14H14N2O3. The Balaban J connectivity index is 1.95. The van der Waals surface area contributed by atoms with Gasteiger partial charge in [-0.2, -0.15) is 0 Å². The molecule has 0 radical (unpaired) electrons. The lowest BCUT2D eigenvalue weighted by atomic mass is 9.84. The summed E-state index contributed by atoms with van der Waals surface area (Å²) in [5.74, 6) is 0.332. The van der Waals surface area contributed by atoms with E-state index in [4.69, 9.17) is 0 Å². The third-order valence-electron chi connectivity index (χ3n) is 3.84. The van der Waals surface area contributed by atoms with Gasteiger partial charge in [0.1, 0.15) is 0 Å². The van der Waals surface area contributed by atoms with Crippen LogP contribution in [0.1, 0.15) is 18.4 Å². The van der Waals surface area contributed by atoms with Gasteiger partial charge in [-0.1, -0.05) is 12.1 Å². The molecule has 2 bridgehead atoms. The van der Waals surface area contributed by atoms with Gasteiger partial charge >= 0.3 is 0 Å². The average molecular weight is 258 g/mol. The molecular weight excluding hydrogens is 244 g/mol. The number of piperidine rings is 3. The molecule has 0 unspecified atom stereocenters. The number of non-ortho nitro benzene ring substituents is 1. The molecule has 3 fully saturated rings. The second kappa shape index (κ2) is 4.50. The van der Waals surface area contributed by atoms with Crippen molar-refractivity contribution < 1.29 is 9.72 Å². The molecule has 0 spiro atoms. The van der Waals surface area contributed by atoms with Gasteiger partial charge in [-0.25, -0.2) is 0 Å². The number of hydrogen-bond donors (Lipinski definition) is 0. The third kappa shape index (κ3) is 2.12. The maximum Gasteiger partial charge on any atom is 0.270 e. The van der Waals surface area contributed by atoms with Gasteiger partial charge in [-0.05, 0) is 24.5 Å². The predicted octanol–water partition coefficient (Wildman–Crippen LogP) is 2.23. The van der Waals surface area contributed by atoms with Crippen LogP contribution in [0.2, 0.25) is 0 Å². The second-order valence-corrected chi connectivity index (χ2v) is 5.01. The smallest absolute Gasteiger partial charge is 0.270 e. The van der Waals surface area contributed by atoms with Crippen LogP contribution in [-0.2, 0) is 4.79 Å². The van der Waals surface area contributed by atoms with Crippen LogP contribution in [0.3, 0.4) is 0 Å². The molecule has 3 heterocycles. The highest BCUT2D eigenvalue weighted by Crippen LogP contribution is 2.32. The normalized spacial score (nSPS) is 21.2. The van der Waals surface area contributed by atoms with E-state index in [9.17, 15) is 14.9 Å². The Kier molecular flexibility index (Phi) is 2.81. The highest BCUT2D eigenvalue weighted by Gasteiger charge is 2.36. The van der Waals surface area contributed by atoms with Crippen LogP contribution < -0.4 is 0 Å². The first-order valence-corrected chi connectivity index (χ1v) is 6.40. The van der Waals surface area contributed by atoms with Crippen LogP contribution in [0, 0.1) is 16.0 Å². The SMILES string of the molecule is O=C1/C(=C\c2cccc([N+](=O)[O-])c2)N2CCC1CC2. The van der Waals surface area contributed by atoms with Gasteiger partial charge in [0.15, 0.2) is 5.78 Å². The minimum Gasteiger partial charge on any atom is -0.369 e. The van der Waals surface area contributed by atoms with Crippen molar-refractivity contribution in [3.05, 3.63) is 45.6 Å². The fraction of sp³-hybridized carbons (Fsp3) is 0.357. The minimum atomic E-state index is -0.420. The van der Waals surface area contributed by atoms with E-state index in [-0.39, 0.29) is 17.4 Å². The van der Waals surface area contributed by atoms with Gasteiger partial charge in [0.25, 0.3) is 5.69 Å². The van der Waals surface area contributed by atoms with Crippen molar-refractivity contribution in [3.63, 3.8) is 0 Å². The lowest BCUT2D eigenvalue weighted by Crippen LogP contribution is -2.45. The van der Waals surface area contributed by atoms with Crippen molar-refractivity contribution in [1.29, 1.82) is 0 Å². The number of nitro groups is 1. The Hall–Kier alpha value is -2.17. The zero-order valence-corrected chi connectivity index (χ0v) is 10.4. The summed E-state index contributed by atoms with van der Waals surface area (Å²) in [4.78, 5) is 24.6. The van der Waals surface area contributed by atoms with E-state index in [1.807, 2.05) is 0 Å². The molecule has 3 aliphatic heterocycles. The lowest BCUT2D eigenvalue weighted by Gasteiger charge is -2.41. The number of carbonyl (C=O) groups excluding carboxylic acids is 1. The first kappa shape index (κ1) is 11.9. The summed E-state index contributed by atoms with van der Waals surface area (Å²) in [5.41, 5.74) is 1.48. The number of Topliss-reactive ketones (excluding diaryl/α,β-unsaturated/α-hetero) is 1. The molecule has 3 saturated heterocycles. The lowest BCUT2D eigenvalue weighted by molar-refractivity contribution is -0.384. The second-order valence-electron chi connectivity index (χ2n) is 5.01. The summed E-state index contributed by atoms with van der Waals surface area (Å²) in [6.07, 6.45) is 3.65. The van der Waals surface area contributed by atoms with Gasteiger partial charge in [-0.15, -0.1) is 0 Å². The first-order chi connectivity index (χ1) is 9.15. The number of nitrogens with zero attached hydrogens (tertiary/aromatic N) is 2. The standard InChI is InChI=1S/C14H14N2O3/c17-14-11-4-6-15(7-5-11)13(14)9-10-2-1-3-12(8-10)16(18)19/h1-3,8-9,11H,4-7H2/b13-9+. The number of ketones is 1. The summed E-state index contributed by atoms with van der Waals surface area (Å²) in [5, 5.41) is 10.7. The topological polar surface area (TPSA) is 63.4 Å². The molecule has 0 aromatic heterocycles. The average Bonchev–Trinajstić information content (AvgIpc) is 2.43. The molecule has 5 nitrogen and oxygen atoms in total. The molecule has 19 heavy (non-hydrogen) atoms. The van der Waals surface area contributed by atoms with Crippen LogP contribution >= 0.6 is 0 Å². The number of hydrogen-bond acceptors (Lipinski definition) is 4. The Labute approximate surface area is 110 Å². The van der Waals surface area contributed by atoms with Crippen LogP contribution in [0.4, 0.5) is 5.69 Å². The summed E-state index contributed by atoms with van der Waals surface area (Å²) in [7, 11) is 0. The molecule has 0 saturated carbocycles. The summed E-state index contributed by atoms with van der Waals surface area (Å²) < 4.78 is 0. The Morgan fingerprint density at radius 1 is 1.32 bits per heavy atom. The van der Waals surface area contributed by atoms with Crippen molar-refractivity contribution in [2.24, 2.45) is 5.92 Å². The van der Waals surface area contributed by atoms with Crippen molar-refractivity contribution in [2.75, 3.05) is 13.1 Å². The Morgan fingerprint density at radius 3 is 2.68 bits per heavy atom. The van der Waals surface area contributed by atoms with E-state index in [1.54, 1.807) is 18.2 Å². The van der Waals surface area contributed by atoms with Crippen LogP contribution in [0.15, 0.2) is 30.0 Å². The first-order valence-electron chi connectivity index (χ1n) is 6.40. The number of fused-ring (bicyclic) bond motifs is 3. The predicted molar refractivity (Wildman–Crippen MR) is 70.4 cm³/mol. The van der Waals surface area contributed by atoms with Crippen molar-refractivity contribution in [2.45, 2.75) is 12.8 Å². The van der Waals surface area contributed by atoms with E-state index in [2.05, 4.69) is 4.90 Å². The molecule has 0 amide bonds. The summed E-state index contributed by atoms with van der Waals surface area (Å²) in [6.45, 7) is 1.83. The van der Waals surface area contributed by atoms with Gasteiger partial charge < -0.3 is 4.90 Å².